The second-order valence-corrected chi connectivity index (χ2v) is 4.73. The largest absolute Gasteiger partial charge is 0.235 e. The molecule has 0 bridgehead atoms. The number of nitriles is 1. The van der Waals surface area contributed by atoms with Gasteiger partial charge in [-0.05, 0) is 12.1 Å². The Morgan fingerprint density at radius 3 is 2.75 bits per heavy atom. The van der Waals surface area contributed by atoms with Crippen LogP contribution in [0.1, 0.15) is 5.56 Å². The summed E-state index contributed by atoms with van der Waals surface area (Å²) in [6.07, 6.45) is 2.73. The van der Waals surface area contributed by atoms with Crippen molar-refractivity contribution in [1.29, 1.82) is 5.26 Å². The van der Waals surface area contributed by atoms with Crippen molar-refractivity contribution in [1.82, 2.24) is 14.6 Å². The maximum Gasteiger partial charge on any atom is 0.174 e. The van der Waals surface area contributed by atoms with Crippen LogP contribution >= 0.6 is 23.2 Å². The van der Waals surface area contributed by atoms with E-state index in [1.807, 2.05) is 6.07 Å². The topological polar surface area (TPSA) is 54.0 Å². The van der Waals surface area contributed by atoms with Crippen molar-refractivity contribution in [3.63, 3.8) is 0 Å². The van der Waals surface area contributed by atoms with Crippen LogP contribution in [0.15, 0.2) is 30.6 Å². The molecule has 0 N–H and O–H groups in total. The highest BCUT2D eigenvalue weighted by Gasteiger charge is 2.17. The smallest absolute Gasteiger partial charge is 0.174 e. The summed E-state index contributed by atoms with van der Waals surface area (Å²) in [7, 11) is 0. The molecule has 0 saturated carbocycles. The van der Waals surface area contributed by atoms with E-state index in [1.165, 1.54) is 29.0 Å². The Kier molecular flexibility index (Phi) is 3.05. The third-order valence-electron chi connectivity index (χ3n) is 2.82. The molecule has 3 rings (SSSR count). The zero-order chi connectivity index (χ0) is 14.3. The summed E-state index contributed by atoms with van der Waals surface area (Å²) in [6, 6.07) is 6.30. The summed E-state index contributed by atoms with van der Waals surface area (Å²) in [4.78, 5) is 4.10. The maximum atomic E-state index is 13.9. The molecule has 0 amide bonds. The number of halogens is 3. The van der Waals surface area contributed by atoms with Gasteiger partial charge in [0.1, 0.15) is 22.6 Å². The molecular formula is C13H5Cl2FN4. The van der Waals surface area contributed by atoms with Crippen LogP contribution in [0.25, 0.3) is 16.8 Å². The molecule has 98 valence electrons. The van der Waals surface area contributed by atoms with Gasteiger partial charge in [-0.1, -0.05) is 29.3 Å². The summed E-state index contributed by atoms with van der Waals surface area (Å²) < 4.78 is 15.2. The van der Waals surface area contributed by atoms with Gasteiger partial charge in [0, 0.05) is 17.3 Å². The van der Waals surface area contributed by atoms with E-state index in [4.69, 9.17) is 28.5 Å². The van der Waals surface area contributed by atoms with Crippen molar-refractivity contribution in [3.8, 4) is 17.2 Å². The first-order valence-electron chi connectivity index (χ1n) is 5.50. The lowest BCUT2D eigenvalue weighted by atomic mass is 10.1. The summed E-state index contributed by atoms with van der Waals surface area (Å²) in [6.45, 7) is 0. The first-order valence-corrected chi connectivity index (χ1v) is 6.26. The summed E-state index contributed by atoms with van der Waals surface area (Å²) in [5.74, 6) is -0.506. The molecule has 7 heteroatoms. The predicted molar refractivity (Wildman–Crippen MR) is 73.1 cm³/mol. The van der Waals surface area contributed by atoms with Crippen molar-refractivity contribution in [2.24, 2.45) is 0 Å². The van der Waals surface area contributed by atoms with Crippen LogP contribution in [0.4, 0.5) is 4.39 Å². The third kappa shape index (κ3) is 1.82. The van der Waals surface area contributed by atoms with Crippen molar-refractivity contribution < 1.29 is 4.39 Å². The Morgan fingerprint density at radius 2 is 2.05 bits per heavy atom. The van der Waals surface area contributed by atoms with Crippen molar-refractivity contribution in [3.05, 3.63) is 52.1 Å². The summed E-state index contributed by atoms with van der Waals surface area (Å²) in [5, 5.41) is 13.3. The molecule has 0 aliphatic heterocycles. The highest BCUT2D eigenvalue weighted by Crippen LogP contribution is 2.35. The van der Waals surface area contributed by atoms with Crippen LogP contribution in [0.2, 0.25) is 10.2 Å². The van der Waals surface area contributed by atoms with Gasteiger partial charge in [-0.25, -0.2) is 13.9 Å². The SMILES string of the molecule is N#Cc1cnn2c(Cl)c(-c3c(F)cccc3Cl)cnc12. The first-order chi connectivity index (χ1) is 9.63. The van der Waals surface area contributed by atoms with Crippen LogP contribution < -0.4 is 0 Å². The van der Waals surface area contributed by atoms with Crippen LogP contribution in [-0.4, -0.2) is 14.6 Å². The number of hydrogen-bond donors (Lipinski definition) is 0. The van der Waals surface area contributed by atoms with Crippen molar-refractivity contribution in [2.75, 3.05) is 0 Å². The fourth-order valence-electron chi connectivity index (χ4n) is 1.90. The van der Waals surface area contributed by atoms with Gasteiger partial charge in [0.2, 0.25) is 0 Å². The number of aromatic nitrogens is 3. The number of nitrogens with zero attached hydrogens (tertiary/aromatic N) is 4. The highest BCUT2D eigenvalue weighted by molar-refractivity contribution is 6.36. The zero-order valence-corrected chi connectivity index (χ0v) is 11.3. The molecule has 2 heterocycles. The first kappa shape index (κ1) is 12.9. The van der Waals surface area contributed by atoms with Crippen LogP contribution in [-0.2, 0) is 0 Å². The van der Waals surface area contributed by atoms with Gasteiger partial charge in [0.25, 0.3) is 0 Å². The predicted octanol–water partition coefficient (Wildman–Crippen LogP) is 3.71. The fourth-order valence-corrected chi connectivity index (χ4v) is 2.44. The van der Waals surface area contributed by atoms with Crippen molar-refractivity contribution >= 4 is 28.8 Å². The fraction of sp³-hybridized carbons (Fsp3) is 0. The Balaban J connectivity index is 2.34. The average molecular weight is 307 g/mol. The molecule has 0 spiro atoms. The van der Waals surface area contributed by atoms with Crippen molar-refractivity contribution in [2.45, 2.75) is 0 Å². The van der Waals surface area contributed by atoms with Crippen LogP contribution in [0, 0.1) is 17.1 Å². The summed E-state index contributed by atoms with van der Waals surface area (Å²) >= 11 is 12.2. The Hall–Kier alpha value is -2.16. The van der Waals surface area contributed by atoms with E-state index in [-0.39, 0.29) is 21.3 Å². The Labute approximate surface area is 123 Å². The molecule has 1 aromatic carbocycles. The molecule has 0 aliphatic rings. The molecule has 0 fully saturated rings. The molecule has 4 nitrogen and oxygen atoms in total. The quantitative estimate of drug-likeness (QED) is 0.644. The van der Waals surface area contributed by atoms with E-state index in [0.29, 0.717) is 11.2 Å². The molecule has 0 aliphatic carbocycles. The second-order valence-electron chi connectivity index (χ2n) is 3.96. The third-order valence-corrected chi connectivity index (χ3v) is 3.50. The van der Waals surface area contributed by atoms with Gasteiger partial charge in [-0.2, -0.15) is 10.4 Å². The lowest BCUT2D eigenvalue weighted by Crippen LogP contribution is -1.97. The van der Waals surface area contributed by atoms with Gasteiger partial charge in [-0.3, -0.25) is 0 Å². The molecule has 0 unspecified atom stereocenters. The van der Waals surface area contributed by atoms with E-state index in [0.717, 1.165) is 0 Å². The zero-order valence-electron chi connectivity index (χ0n) is 9.81. The monoisotopic (exact) mass is 306 g/mol. The van der Waals surface area contributed by atoms with Crippen LogP contribution in [0.3, 0.4) is 0 Å². The molecule has 0 saturated heterocycles. The van der Waals surface area contributed by atoms with E-state index < -0.39 is 5.82 Å². The highest BCUT2D eigenvalue weighted by atomic mass is 35.5. The van der Waals surface area contributed by atoms with E-state index in [2.05, 4.69) is 10.1 Å². The number of fused-ring (bicyclic) bond motifs is 1. The van der Waals surface area contributed by atoms with Gasteiger partial charge < -0.3 is 0 Å². The molecule has 20 heavy (non-hydrogen) atoms. The molecule has 2 aromatic heterocycles. The minimum absolute atomic E-state index is 0.142. The van der Waals surface area contributed by atoms with E-state index >= 15 is 0 Å². The Bertz CT molecular complexity index is 846. The molecule has 0 radical (unpaired) electrons. The van der Waals surface area contributed by atoms with Gasteiger partial charge in [-0.15, -0.1) is 0 Å². The minimum Gasteiger partial charge on any atom is -0.235 e. The van der Waals surface area contributed by atoms with E-state index in [1.54, 1.807) is 6.07 Å². The second kappa shape index (κ2) is 4.75. The molecule has 3 aromatic rings. The van der Waals surface area contributed by atoms with E-state index in [9.17, 15) is 4.39 Å². The standard InChI is InChI=1S/C13H5Cl2FN4/c14-9-2-1-3-10(16)11(9)8-6-18-13-7(4-17)5-19-20(13)12(8)15/h1-3,5-6H. The van der Waals surface area contributed by atoms with Gasteiger partial charge in [0.05, 0.1) is 11.2 Å². The Morgan fingerprint density at radius 1 is 1.25 bits per heavy atom. The molecule has 0 atom stereocenters. The molecular weight excluding hydrogens is 302 g/mol. The maximum absolute atomic E-state index is 13.9. The average Bonchev–Trinajstić information content (AvgIpc) is 2.84. The normalized spacial score (nSPS) is 10.7. The number of hydrogen-bond acceptors (Lipinski definition) is 3. The van der Waals surface area contributed by atoms with Gasteiger partial charge in [0.15, 0.2) is 5.65 Å². The lowest BCUT2D eigenvalue weighted by molar-refractivity contribution is 0.631. The number of benzene rings is 1. The lowest BCUT2D eigenvalue weighted by Gasteiger charge is -2.08. The van der Waals surface area contributed by atoms with Crippen LogP contribution in [0.5, 0.6) is 0 Å². The number of rotatable bonds is 1. The minimum atomic E-state index is -0.506. The summed E-state index contributed by atoms with van der Waals surface area (Å²) in [5.41, 5.74) is 1.07. The van der Waals surface area contributed by atoms with Gasteiger partial charge >= 0.3 is 0 Å².